The number of aryl methyl sites for hydroxylation is 1. The lowest BCUT2D eigenvalue weighted by Gasteiger charge is -2.22. The first-order valence-corrected chi connectivity index (χ1v) is 7.93. The molecular weight excluding hydrogens is 333 g/mol. The van der Waals surface area contributed by atoms with Crippen LogP contribution < -0.4 is 11.2 Å². The summed E-state index contributed by atoms with van der Waals surface area (Å²) in [5, 5.41) is 3.42. The normalized spacial score (nSPS) is 27.7. The number of ether oxygens (including phenoxy) is 1. The van der Waals surface area contributed by atoms with Gasteiger partial charge in [-0.1, -0.05) is 5.11 Å². The lowest BCUT2D eigenvalue weighted by Crippen LogP contribution is -2.38. The molecule has 0 radical (unpaired) electrons. The van der Waals surface area contributed by atoms with Crippen molar-refractivity contribution in [1.82, 2.24) is 9.55 Å². The van der Waals surface area contributed by atoms with Crippen LogP contribution in [0.2, 0.25) is 0 Å². The van der Waals surface area contributed by atoms with Gasteiger partial charge in [0.2, 0.25) is 0 Å². The van der Waals surface area contributed by atoms with Gasteiger partial charge in [-0.3, -0.25) is 18.9 Å². The third kappa shape index (κ3) is 3.70. The van der Waals surface area contributed by atoms with Gasteiger partial charge in [-0.2, -0.15) is 0 Å². The van der Waals surface area contributed by atoms with Crippen molar-refractivity contribution in [1.29, 1.82) is 0 Å². The maximum Gasteiger partial charge on any atom is 0.470 e. The first-order chi connectivity index (χ1) is 10.6. The monoisotopic (exact) mass is 347 g/mol. The van der Waals surface area contributed by atoms with Crippen LogP contribution in [-0.2, 0) is 13.8 Å². The van der Waals surface area contributed by atoms with Gasteiger partial charge in [-0.25, -0.2) is 9.36 Å². The average Bonchev–Trinajstić information content (AvgIpc) is 2.70. The smallest absolute Gasteiger partial charge is 0.352 e. The molecule has 2 heterocycles. The average molecular weight is 347 g/mol. The number of aromatic nitrogens is 2. The fraction of sp³-hybridized carbons (Fsp3) is 0.600. The molecule has 126 valence electrons. The SMILES string of the molecule is Cc1cn([C@@H]2O[C@H](C)[C@@H](N=[N+]=[N-])C2OP(=O)(O)O)c(=O)[nH]c1=O. The molecule has 0 bridgehead atoms. The number of nitrogens with zero attached hydrogens (tertiary/aromatic N) is 4. The molecule has 23 heavy (non-hydrogen) atoms. The van der Waals surface area contributed by atoms with E-state index in [0.717, 1.165) is 4.57 Å². The molecule has 1 saturated heterocycles. The van der Waals surface area contributed by atoms with Gasteiger partial charge in [0.1, 0.15) is 6.10 Å². The summed E-state index contributed by atoms with van der Waals surface area (Å²) in [6.07, 6.45) is -2.29. The highest BCUT2D eigenvalue weighted by Crippen LogP contribution is 2.45. The number of nitrogens with one attached hydrogen (secondary N) is 1. The topological polar surface area (TPSA) is 180 Å². The Morgan fingerprint density at radius 1 is 1.52 bits per heavy atom. The van der Waals surface area contributed by atoms with Crippen molar-refractivity contribution in [3.05, 3.63) is 43.0 Å². The fourth-order valence-electron chi connectivity index (χ4n) is 2.30. The van der Waals surface area contributed by atoms with Gasteiger partial charge in [-0.15, -0.1) is 0 Å². The molecule has 3 N–H and O–H groups in total. The number of azide groups is 1. The van der Waals surface area contributed by atoms with Gasteiger partial charge >= 0.3 is 13.5 Å². The largest absolute Gasteiger partial charge is 0.470 e. The molecule has 0 aliphatic carbocycles. The second-order valence-corrected chi connectivity index (χ2v) is 6.16. The van der Waals surface area contributed by atoms with E-state index in [1.54, 1.807) is 0 Å². The van der Waals surface area contributed by atoms with E-state index in [1.807, 2.05) is 4.98 Å². The molecule has 0 spiro atoms. The zero-order chi connectivity index (χ0) is 17.4. The van der Waals surface area contributed by atoms with E-state index in [4.69, 9.17) is 20.1 Å². The lowest BCUT2D eigenvalue weighted by molar-refractivity contribution is -0.0341. The van der Waals surface area contributed by atoms with Crippen molar-refractivity contribution in [2.45, 2.75) is 38.3 Å². The van der Waals surface area contributed by atoms with E-state index in [-0.39, 0.29) is 5.56 Å². The van der Waals surface area contributed by atoms with Crippen molar-refractivity contribution in [2.75, 3.05) is 0 Å². The van der Waals surface area contributed by atoms with Crippen molar-refractivity contribution >= 4 is 7.82 Å². The summed E-state index contributed by atoms with van der Waals surface area (Å²) >= 11 is 0. The summed E-state index contributed by atoms with van der Waals surface area (Å²) in [5.41, 5.74) is 7.32. The standard InChI is InChI=1S/C10H14N5O7P/c1-4-3-15(10(17)12-8(4)16)9-7(22-23(18,19)20)6(13-14-11)5(2)21-9/h3,5-7,9H,1-2H3,(H,12,16,17)(H2,18,19,20)/t5-,6-,7?,9-/m1/s1. The van der Waals surface area contributed by atoms with E-state index in [1.165, 1.54) is 20.0 Å². The van der Waals surface area contributed by atoms with Crippen LogP contribution in [0, 0.1) is 6.92 Å². The van der Waals surface area contributed by atoms with Crippen LogP contribution in [-0.4, -0.2) is 37.6 Å². The Hall–Kier alpha value is -1.94. The van der Waals surface area contributed by atoms with Crippen LogP contribution in [0.5, 0.6) is 0 Å². The number of hydrogen-bond donors (Lipinski definition) is 3. The molecule has 1 aliphatic rings. The lowest BCUT2D eigenvalue weighted by atomic mass is 10.1. The summed E-state index contributed by atoms with van der Waals surface area (Å²) in [6, 6.07) is -1.07. The number of H-pyrrole nitrogens is 1. The van der Waals surface area contributed by atoms with Crippen LogP contribution in [0.3, 0.4) is 0 Å². The van der Waals surface area contributed by atoms with Crippen LogP contribution >= 0.6 is 7.82 Å². The van der Waals surface area contributed by atoms with E-state index >= 15 is 0 Å². The molecular formula is C10H14N5O7P. The van der Waals surface area contributed by atoms with Crippen molar-refractivity contribution < 1.29 is 23.6 Å². The first kappa shape index (κ1) is 17.4. The summed E-state index contributed by atoms with van der Waals surface area (Å²) in [4.78, 5) is 46.1. The number of aromatic amines is 1. The van der Waals surface area contributed by atoms with Crippen molar-refractivity contribution in [3.8, 4) is 0 Å². The van der Waals surface area contributed by atoms with Gasteiger partial charge in [0.05, 0.1) is 12.1 Å². The summed E-state index contributed by atoms with van der Waals surface area (Å²) < 4.78 is 22.2. The van der Waals surface area contributed by atoms with Crippen LogP contribution in [0.4, 0.5) is 0 Å². The number of phosphoric ester groups is 1. The molecule has 4 atom stereocenters. The zero-order valence-electron chi connectivity index (χ0n) is 12.1. The second kappa shape index (κ2) is 6.28. The van der Waals surface area contributed by atoms with E-state index in [9.17, 15) is 14.2 Å². The minimum atomic E-state index is -4.95. The predicted octanol–water partition coefficient (Wildman–Crippen LogP) is -0.0809. The first-order valence-electron chi connectivity index (χ1n) is 6.39. The molecule has 1 aliphatic heterocycles. The van der Waals surface area contributed by atoms with E-state index < -0.39 is 43.5 Å². The van der Waals surface area contributed by atoms with Gasteiger partial charge in [-0.05, 0) is 19.4 Å². The number of rotatable bonds is 4. The fourth-order valence-corrected chi connectivity index (χ4v) is 2.85. The molecule has 0 saturated carbocycles. The Morgan fingerprint density at radius 3 is 2.74 bits per heavy atom. The minimum Gasteiger partial charge on any atom is -0.352 e. The Kier molecular flexibility index (Phi) is 4.76. The third-order valence-corrected chi connectivity index (χ3v) is 3.83. The minimum absolute atomic E-state index is 0.183. The second-order valence-electron chi connectivity index (χ2n) is 4.97. The van der Waals surface area contributed by atoms with Crippen molar-refractivity contribution in [2.24, 2.45) is 5.11 Å². The Bertz CT molecular complexity index is 807. The highest BCUT2D eigenvalue weighted by atomic mass is 31.2. The zero-order valence-corrected chi connectivity index (χ0v) is 13.0. The number of hydrogen-bond acceptors (Lipinski definition) is 6. The molecule has 1 fully saturated rings. The van der Waals surface area contributed by atoms with Crippen LogP contribution in [0.1, 0.15) is 18.7 Å². The van der Waals surface area contributed by atoms with Crippen LogP contribution in [0.25, 0.3) is 10.4 Å². The molecule has 0 aromatic carbocycles. The van der Waals surface area contributed by atoms with Crippen molar-refractivity contribution in [3.63, 3.8) is 0 Å². The van der Waals surface area contributed by atoms with Gasteiger partial charge < -0.3 is 14.5 Å². The number of phosphoric acid groups is 1. The van der Waals surface area contributed by atoms with Gasteiger partial charge in [0.15, 0.2) is 6.23 Å². The molecule has 2 rings (SSSR count). The molecule has 1 unspecified atom stereocenters. The summed E-state index contributed by atoms with van der Waals surface area (Å²) in [6.45, 7) is 2.94. The third-order valence-electron chi connectivity index (χ3n) is 3.32. The Morgan fingerprint density at radius 2 is 2.17 bits per heavy atom. The molecule has 1 aromatic heterocycles. The molecule has 0 amide bonds. The summed E-state index contributed by atoms with van der Waals surface area (Å²) in [7, 11) is -4.95. The highest BCUT2D eigenvalue weighted by molar-refractivity contribution is 7.46. The maximum atomic E-state index is 11.9. The van der Waals surface area contributed by atoms with Crippen LogP contribution in [0.15, 0.2) is 20.9 Å². The molecule has 12 nitrogen and oxygen atoms in total. The van der Waals surface area contributed by atoms with E-state index in [2.05, 4.69) is 14.5 Å². The highest BCUT2D eigenvalue weighted by Gasteiger charge is 2.47. The predicted molar refractivity (Wildman–Crippen MR) is 75.5 cm³/mol. The Labute approximate surface area is 128 Å². The maximum absolute atomic E-state index is 11.9. The van der Waals surface area contributed by atoms with Gasteiger partial charge in [0, 0.05) is 16.7 Å². The molecule has 13 heteroatoms. The Balaban J connectivity index is 2.53. The quantitative estimate of drug-likeness (QED) is 0.295. The van der Waals surface area contributed by atoms with Gasteiger partial charge in [0.25, 0.3) is 5.56 Å². The van der Waals surface area contributed by atoms with E-state index in [0.29, 0.717) is 0 Å². The summed E-state index contributed by atoms with van der Waals surface area (Å²) in [5.74, 6) is 0. The molecule has 1 aromatic rings.